The molecule has 35 heavy (non-hydrogen) atoms. The number of nitrogens with zero attached hydrogens (tertiary/aromatic N) is 2. The van der Waals surface area contributed by atoms with E-state index in [4.69, 9.17) is 0 Å². The van der Waals surface area contributed by atoms with E-state index in [0.29, 0.717) is 16.8 Å². The number of anilines is 2. The molecule has 0 bridgehead atoms. The Morgan fingerprint density at radius 2 is 1.46 bits per heavy atom. The van der Waals surface area contributed by atoms with Crippen molar-refractivity contribution in [2.45, 2.75) is 12.3 Å². The van der Waals surface area contributed by atoms with E-state index in [1.807, 2.05) is 36.4 Å². The summed E-state index contributed by atoms with van der Waals surface area (Å²) in [4.78, 5) is 35.9. The van der Waals surface area contributed by atoms with Crippen molar-refractivity contribution in [3.63, 3.8) is 0 Å². The molecule has 8 nitrogen and oxygen atoms in total. The highest BCUT2D eigenvalue weighted by molar-refractivity contribution is 7.19. The highest BCUT2D eigenvalue weighted by atomic mass is 32.1. The van der Waals surface area contributed by atoms with Gasteiger partial charge in [-0.05, 0) is 35.7 Å². The van der Waals surface area contributed by atoms with Crippen molar-refractivity contribution < 1.29 is 19.1 Å². The minimum Gasteiger partial charge on any atom is -0.386 e. The number of carbonyl (C=O) groups is 3. The third-order valence-electron chi connectivity index (χ3n) is 5.67. The standard InChI is InChI=1S/C26H20N4O4S/c31-22(18-11-12-20-21(15-18)24(33)34-23(20)32)28-26-30-29-25(35-26)27-14-13-19(16-7-3-1-4-8-16)17-9-5-2-6-10-17/h1-12,15,19H,13-14H2,(H,27,29)(H,28,30,31). The van der Waals surface area contributed by atoms with Crippen molar-refractivity contribution in [2.75, 3.05) is 17.2 Å². The number of hydrogen-bond acceptors (Lipinski definition) is 8. The second kappa shape index (κ2) is 9.86. The molecule has 0 fully saturated rings. The number of esters is 2. The molecule has 0 atom stereocenters. The van der Waals surface area contributed by atoms with Crippen LogP contribution in [0.15, 0.2) is 78.9 Å². The van der Waals surface area contributed by atoms with Crippen LogP contribution in [0.3, 0.4) is 0 Å². The summed E-state index contributed by atoms with van der Waals surface area (Å²) in [7, 11) is 0. The maximum Gasteiger partial charge on any atom is 0.346 e. The van der Waals surface area contributed by atoms with Crippen LogP contribution >= 0.6 is 11.3 Å². The molecule has 2 N–H and O–H groups in total. The van der Waals surface area contributed by atoms with Gasteiger partial charge < -0.3 is 10.1 Å². The SMILES string of the molecule is O=C(Nc1nnc(NCCC(c2ccccc2)c2ccccc2)s1)c1ccc2c(c1)C(=O)OC2=O. The number of cyclic esters (lactones) is 2. The van der Waals surface area contributed by atoms with E-state index < -0.39 is 17.8 Å². The fourth-order valence-electron chi connectivity index (χ4n) is 3.96. The van der Waals surface area contributed by atoms with Crippen LogP contribution in [-0.2, 0) is 4.74 Å². The average molecular weight is 485 g/mol. The van der Waals surface area contributed by atoms with Crippen LogP contribution in [0, 0.1) is 0 Å². The number of carbonyl (C=O) groups excluding carboxylic acids is 3. The molecule has 2 heterocycles. The van der Waals surface area contributed by atoms with Crippen LogP contribution in [0.5, 0.6) is 0 Å². The van der Waals surface area contributed by atoms with Crippen molar-refractivity contribution in [1.82, 2.24) is 10.2 Å². The van der Waals surface area contributed by atoms with Crippen LogP contribution in [0.4, 0.5) is 10.3 Å². The predicted molar refractivity (Wildman–Crippen MR) is 132 cm³/mol. The second-order valence-electron chi connectivity index (χ2n) is 7.89. The van der Waals surface area contributed by atoms with Gasteiger partial charge in [0.1, 0.15) is 0 Å². The van der Waals surface area contributed by atoms with Crippen LogP contribution in [0.1, 0.15) is 54.5 Å². The van der Waals surface area contributed by atoms with Crippen molar-refractivity contribution >= 4 is 39.4 Å². The van der Waals surface area contributed by atoms with Gasteiger partial charge in [0, 0.05) is 18.0 Å². The van der Waals surface area contributed by atoms with E-state index in [-0.39, 0.29) is 22.6 Å². The number of amides is 1. The van der Waals surface area contributed by atoms with Gasteiger partial charge in [0.05, 0.1) is 11.1 Å². The fraction of sp³-hybridized carbons (Fsp3) is 0.115. The number of rotatable bonds is 8. The van der Waals surface area contributed by atoms with Crippen LogP contribution in [0.2, 0.25) is 0 Å². The molecule has 0 saturated carbocycles. The lowest BCUT2D eigenvalue weighted by Gasteiger charge is -2.18. The van der Waals surface area contributed by atoms with E-state index in [1.54, 1.807) is 0 Å². The van der Waals surface area contributed by atoms with Gasteiger partial charge >= 0.3 is 11.9 Å². The van der Waals surface area contributed by atoms with Gasteiger partial charge in [-0.2, -0.15) is 0 Å². The fourth-order valence-corrected chi connectivity index (χ4v) is 4.63. The number of ether oxygens (including phenoxy) is 1. The van der Waals surface area contributed by atoms with Crippen LogP contribution in [0.25, 0.3) is 0 Å². The van der Waals surface area contributed by atoms with Crippen molar-refractivity contribution in [1.29, 1.82) is 0 Å². The van der Waals surface area contributed by atoms with E-state index in [1.165, 1.54) is 40.7 Å². The molecule has 0 unspecified atom stereocenters. The zero-order chi connectivity index (χ0) is 24.2. The molecule has 3 aromatic carbocycles. The largest absolute Gasteiger partial charge is 0.386 e. The summed E-state index contributed by atoms with van der Waals surface area (Å²) in [6.07, 6.45) is 0.846. The van der Waals surface area contributed by atoms with Gasteiger partial charge in [-0.1, -0.05) is 72.0 Å². The molecule has 174 valence electrons. The Bertz CT molecular complexity index is 1350. The normalized spacial score (nSPS) is 12.4. The quantitative estimate of drug-likeness (QED) is 0.275. The summed E-state index contributed by atoms with van der Waals surface area (Å²) in [5.41, 5.74) is 2.93. The summed E-state index contributed by atoms with van der Waals surface area (Å²) >= 11 is 1.21. The zero-order valence-corrected chi connectivity index (χ0v) is 19.2. The molecule has 0 radical (unpaired) electrons. The van der Waals surface area contributed by atoms with Crippen molar-refractivity contribution in [3.8, 4) is 0 Å². The molecule has 9 heteroatoms. The first-order valence-electron chi connectivity index (χ1n) is 11.0. The monoisotopic (exact) mass is 484 g/mol. The Hall–Kier alpha value is -4.37. The number of benzene rings is 3. The highest BCUT2D eigenvalue weighted by Crippen LogP contribution is 2.29. The Balaban J connectivity index is 1.21. The molecule has 1 aliphatic heterocycles. The maximum atomic E-state index is 12.6. The van der Waals surface area contributed by atoms with Crippen molar-refractivity contribution in [2.24, 2.45) is 0 Å². The number of aromatic nitrogens is 2. The lowest BCUT2D eigenvalue weighted by molar-refractivity contribution is 0.0443. The van der Waals surface area contributed by atoms with Gasteiger partial charge in [-0.25, -0.2) is 9.59 Å². The summed E-state index contributed by atoms with van der Waals surface area (Å²) in [5, 5.41) is 15.0. The summed E-state index contributed by atoms with van der Waals surface area (Å²) in [6.45, 7) is 0.665. The lowest BCUT2D eigenvalue weighted by atomic mass is 9.88. The van der Waals surface area contributed by atoms with Crippen molar-refractivity contribution in [3.05, 3.63) is 107 Å². The Kier molecular flexibility index (Phi) is 6.32. The summed E-state index contributed by atoms with van der Waals surface area (Å²) < 4.78 is 4.56. The Labute approximate surface area is 205 Å². The van der Waals surface area contributed by atoms with Gasteiger partial charge in [-0.3, -0.25) is 10.1 Å². The molecule has 1 aliphatic rings. The Morgan fingerprint density at radius 1 is 0.829 bits per heavy atom. The predicted octanol–water partition coefficient (Wildman–Crippen LogP) is 4.74. The molecule has 0 saturated heterocycles. The van der Waals surface area contributed by atoms with E-state index in [0.717, 1.165) is 6.42 Å². The van der Waals surface area contributed by atoms with E-state index >= 15 is 0 Å². The molecule has 5 rings (SSSR count). The maximum absolute atomic E-state index is 12.6. The third kappa shape index (κ3) is 4.95. The highest BCUT2D eigenvalue weighted by Gasteiger charge is 2.30. The minimum atomic E-state index is -0.758. The summed E-state index contributed by atoms with van der Waals surface area (Å²) in [6, 6.07) is 24.9. The molecule has 0 aliphatic carbocycles. The molecule has 1 aromatic heterocycles. The first-order valence-corrected chi connectivity index (χ1v) is 11.8. The number of nitrogens with one attached hydrogen (secondary N) is 2. The van der Waals surface area contributed by atoms with Gasteiger partial charge in [0.15, 0.2) is 0 Å². The molecule has 0 spiro atoms. The topological polar surface area (TPSA) is 110 Å². The smallest absolute Gasteiger partial charge is 0.346 e. The van der Waals surface area contributed by atoms with Gasteiger partial charge in [-0.15, -0.1) is 10.2 Å². The first kappa shape index (κ1) is 22.4. The molecular formula is C26H20N4O4S. The minimum absolute atomic E-state index is 0.0775. The Morgan fingerprint density at radius 3 is 2.14 bits per heavy atom. The number of hydrogen-bond donors (Lipinski definition) is 2. The third-order valence-corrected chi connectivity index (χ3v) is 6.46. The molecule has 4 aromatic rings. The van der Waals surface area contributed by atoms with Crippen LogP contribution < -0.4 is 10.6 Å². The second-order valence-corrected chi connectivity index (χ2v) is 8.87. The first-order chi connectivity index (χ1) is 17.1. The van der Waals surface area contributed by atoms with Gasteiger partial charge in [0.2, 0.25) is 10.3 Å². The molecular weight excluding hydrogens is 464 g/mol. The number of fused-ring (bicyclic) bond motifs is 1. The summed E-state index contributed by atoms with van der Waals surface area (Å²) in [5.74, 6) is -1.70. The van der Waals surface area contributed by atoms with Crippen LogP contribution in [-0.4, -0.2) is 34.6 Å². The average Bonchev–Trinajstić information content (AvgIpc) is 3.45. The lowest BCUT2D eigenvalue weighted by Crippen LogP contribution is -2.12. The van der Waals surface area contributed by atoms with E-state index in [2.05, 4.69) is 49.8 Å². The molecule has 1 amide bonds. The van der Waals surface area contributed by atoms with Gasteiger partial charge in [0.25, 0.3) is 5.91 Å². The zero-order valence-electron chi connectivity index (χ0n) is 18.4. The van der Waals surface area contributed by atoms with E-state index in [9.17, 15) is 14.4 Å².